The van der Waals surface area contributed by atoms with Crippen LogP contribution in [-0.4, -0.2) is 11.7 Å². The second-order valence-electron chi connectivity index (χ2n) is 13.4. The Kier molecular flexibility index (Phi) is 7.51. The molecule has 0 bridgehead atoms. The molecule has 250 valence electrons. The molecular weight excluding hydrogens is 647 g/mol. The second-order valence-corrected chi connectivity index (χ2v) is 13.4. The summed E-state index contributed by atoms with van der Waals surface area (Å²) < 4.78 is 6.53. The van der Waals surface area contributed by atoms with E-state index in [2.05, 4.69) is 169 Å². The Labute approximate surface area is 307 Å². The predicted molar refractivity (Wildman–Crippen MR) is 219 cm³/mol. The Balaban J connectivity index is 1.09. The molecule has 1 aliphatic rings. The summed E-state index contributed by atoms with van der Waals surface area (Å²) in [6.45, 7) is 0. The molecule has 0 aliphatic carbocycles. The number of nitrogens with one attached hydrogen (secondary N) is 1. The third-order valence-electron chi connectivity index (χ3n) is 10.1. The minimum absolute atomic E-state index is 0.332. The van der Waals surface area contributed by atoms with Crippen molar-refractivity contribution in [2.75, 3.05) is 0 Å². The molecule has 1 unspecified atom stereocenters. The minimum Gasteiger partial charge on any atom is -0.456 e. The number of para-hydroxylation sites is 1. The molecule has 8 aromatic carbocycles. The molecule has 9 aromatic rings. The van der Waals surface area contributed by atoms with E-state index in [1.165, 1.54) is 21.9 Å². The van der Waals surface area contributed by atoms with E-state index < -0.39 is 0 Å². The molecule has 0 radical (unpaired) electrons. The van der Waals surface area contributed by atoms with E-state index in [-0.39, 0.29) is 6.17 Å². The lowest BCUT2D eigenvalue weighted by atomic mass is 9.96. The highest BCUT2D eigenvalue weighted by Gasteiger charge is 2.25. The number of benzene rings is 8. The van der Waals surface area contributed by atoms with Crippen molar-refractivity contribution in [2.45, 2.75) is 6.17 Å². The number of hydrogen-bond donors (Lipinski definition) is 1. The van der Waals surface area contributed by atoms with Gasteiger partial charge >= 0.3 is 0 Å². The van der Waals surface area contributed by atoms with Crippen LogP contribution < -0.4 is 5.32 Å². The van der Waals surface area contributed by atoms with Gasteiger partial charge in [-0.2, -0.15) is 0 Å². The molecule has 0 fully saturated rings. The van der Waals surface area contributed by atoms with Gasteiger partial charge < -0.3 is 9.73 Å². The lowest BCUT2D eigenvalue weighted by Crippen LogP contribution is -2.33. The fraction of sp³-hybridized carbons (Fsp3) is 0.0204. The van der Waals surface area contributed by atoms with E-state index in [9.17, 15) is 0 Å². The molecule has 4 nitrogen and oxygen atoms in total. The first-order chi connectivity index (χ1) is 26.2. The fourth-order valence-corrected chi connectivity index (χ4v) is 7.40. The largest absolute Gasteiger partial charge is 0.456 e. The van der Waals surface area contributed by atoms with E-state index in [1.54, 1.807) is 0 Å². The summed E-state index contributed by atoms with van der Waals surface area (Å²) >= 11 is 0. The zero-order valence-electron chi connectivity index (χ0n) is 28.8. The first kappa shape index (κ1) is 30.8. The van der Waals surface area contributed by atoms with Crippen LogP contribution in [0.3, 0.4) is 0 Å². The van der Waals surface area contributed by atoms with E-state index in [0.29, 0.717) is 5.84 Å². The first-order valence-electron chi connectivity index (χ1n) is 17.9. The van der Waals surface area contributed by atoms with Crippen LogP contribution in [0.4, 0.5) is 0 Å². The standard InChI is InChI=1S/C49H33N3O/c1-3-11-32(12-4-1)34-19-21-35(22-20-34)36-23-26-38(27-24-36)48-50-47(37-14-5-2-6-15-37)51-49(52-48)43-30-41(40-28-25-33-13-7-8-16-39(33)29-40)31-45-46(43)42-17-9-10-18-44(42)53-45/h1-31,47H,(H,50,51,52). The van der Waals surface area contributed by atoms with Gasteiger partial charge in [0.25, 0.3) is 0 Å². The van der Waals surface area contributed by atoms with Crippen molar-refractivity contribution in [1.29, 1.82) is 0 Å². The minimum atomic E-state index is -0.332. The maximum Gasteiger partial charge on any atom is 0.159 e. The molecular formula is C49H33N3O. The van der Waals surface area contributed by atoms with E-state index >= 15 is 0 Å². The molecule has 0 amide bonds. The maximum absolute atomic E-state index is 6.53. The Bertz CT molecular complexity index is 2830. The topological polar surface area (TPSA) is 49.9 Å². The highest BCUT2D eigenvalue weighted by atomic mass is 16.3. The van der Waals surface area contributed by atoms with Gasteiger partial charge in [0.15, 0.2) is 5.84 Å². The van der Waals surface area contributed by atoms with Crippen LogP contribution in [0.2, 0.25) is 0 Å². The number of amidine groups is 2. The smallest absolute Gasteiger partial charge is 0.159 e. The van der Waals surface area contributed by atoms with Gasteiger partial charge in [0.1, 0.15) is 23.2 Å². The molecule has 0 saturated heterocycles. The number of fused-ring (bicyclic) bond motifs is 4. The summed E-state index contributed by atoms with van der Waals surface area (Å²) in [7, 11) is 0. The van der Waals surface area contributed by atoms with E-state index in [1.807, 2.05) is 24.3 Å². The molecule has 1 N–H and O–H groups in total. The summed E-state index contributed by atoms with van der Waals surface area (Å²) in [5.41, 5.74) is 11.5. The maximum atomic E-state index is 6.53. The van der Waals surface area contributed by atoms with Crippen LogP contribution >= 0.6 is 0 Å². The predicted octanol–water partition coefficient (Wildman–Crippen LogP) is 12.2. The van der Waals surface area contributed by atoms with Crippen molar-refractivity contribution < 1.29 is 4.42 Å². The van der Waals surface area contributed by atoms with Crippen LogP contribution in [0.15, 0.2) is 202 Å². The van der Waals surface area contributed by atoms with Gasteiger partial charge in [-0.3, -0.25) is 0 Å². The highest BCUT2D eigenvalue weighted by Crippen LogP contribution is 2.37. The first-order valence-corrected chi connectivity index (χ1v) is 17.9. The summed E-state index contributed by atoms with van der Waals surface area (Å²) in [5, 5.41) is 8.20. The van der Waals surface area contributed by atoms with Gasteiger partial charge in [-0.05, 0) is 74.0 Å². The molecule has 2 heterocycles. The molecule has 0 saturated carbocycles. The zero-order chi connectivity index (χ0) is 35.1. The van der Waals surface area contributed by atoms with E-state index in [0.717, 1.165) is 66.7 Å². The molecule has 1 aliphatic heterocycles. The van der Waals surface area contributed by atoms with Crippen molar-refractivity contribution in [2.24, 2.45) is 9.98 Å². The van der Waals surface area contributed by atoms with Gasteiger partial charge in [0, 0.05) is 21.9 Å². The number of rotatable bonds is 6. The fourth-order valence-electron chi connectivity index (χ4n) is 7.40. The van der Waals surface area contributed by atoms with Crippen molar-refractivity contribution in [3.05, 3.63) is 205 Å². The van der Waals surface area contributed by atoms with Crippen LogP contribution in [0.25, 0.3) is 66.1 Å². The van der Waals surface area contributed by atoms with Gasteiger partial charge in [0.2, 0.25) is 0 Å². The highest BCUT2D eigenvalue weighted by molar-refractivity contribution is 6.22. The molecule has 10 rings (SSSR count). The summed E-state index contributed by atoms with van der Waals surface area (Å²) in [6.07, 6.45) is -0.332. The SMILES string of the molecule is c1ccc(-c2ccc(-c3ccc(C4=NC(c5ccccc5)NC(c5cc(-c6ccc7ccccc7c6)cc6oc7ccccc7c56)=N4)cc3)cc2)cc1. The third kappa shape index (κ3) is 5.77. The van der Waals surface area contributed by atoms with Crippen LogP contribution in [-0.2, 0) is 0 Å². The molecule has 53 heavy (non-hydrogen) atoms. The molecule has 0 spiro atoms. The Morgan fingerprint density at radius 3 is 1.75 bits per heavy atom. The zero-order valence-corrected chi connectivity index (χ0v) is 28.8. The molecule has 1 aromatic heterocycles. The second kappa shape index (κ2) is 12.9. The average molecular weight is 680 g/mol. The Hall–Kier alpha value is -7.04. The number of hydrogen-bond acceptors (Lipinski definition) is 4. The van der Waals surface area contributed by atoms with Gasteiger partial charge in [-0.25, -0.2) is 9.98 Å². The van der Waals surface area contributed by atoms with Crippen LogP contribution in [0, 0.1) is 0 Å². The van der Waals surface area contributed by atoms with Crippen LogP contribution in [0.5, 0.6) is 0 Å². The average Bonchev–Trinajstić information content (AvgIpc) is 3.62. The van der Waals surface area contributed by atoms with Crippen molar-refractivity contribution >= 4 is 44.4 Å². The third-order valence-corrected chi connectivity index (χ3v) is 10.1. The molecule has 4 heteroatoms. The van der Waals surface area contributed by atoms with Crippen molar-refractivity contribution in [3.8, 4) is 33.4 Å². The normalized spacial score (nSPS) is 14.2. The van der Waals surface area contributed by atoms with Crippen molar-refractivity contribution in [3.63, 3.8) is 0 Å². The van der Waals surface area contributed by atoms with Gasteiger partial charge in [-0.15, -0.1) is 0 Å². The monoisotopic (exact) mass is 679 g/mol. The quantitative estimate of drug-likeness (QED) is 0.190. The van der Waals surface area contributed by atoms with E-state index in [4.69, 9.17) is 14.4 Å². The molecule has 1 atom stereocenters. The number of nitrogens with zero attached hydrogens (tertiary/aromatic N) is 2. The summed E-state index contributed by atoms with van der Waals surface area (Å²) in [5.74, 6) is 1.43. The van der Waals surface area contributed by atoms with Crippen LogP contribution in [0.1, 0.15) is 22.9 Å². The lowest BCUT2D eigenvalue weighted by Gasteiger charge is -2.24. The van der Waals surface area contributed by atoms with Crippen molar-refractivity contribution in [1.82, 2.24) is 5.32 Å². The number of furan rings is 1. The Morgan fingerprint density at radius 2 is 1.02 bits per heavy atom. The summed E-state index contributed by atoms with van der Waals surface area (Å²) in [6, 6.07) is 65.8. The Morgan fingerprint density at radius 1 is 0.434 bits per heavy atom. The summed E-state index contributed by atoms with van der Waals surface area (Å²) in [4.78, 5) is 10.5. The van der Waals surface area contributed by atoms with Gasteiger partial charge in [-0.1, -0.05) is 164 Å². The lowest BCUT2D eigenvalue weighted by molar-refractivity contribution is 0.668. The van der Waals surface area contributed by atoms with Gasteiger partial charge in [0.05, 0.1) is 0 Å². The number of aliphatic imine (C=N–C) groups is 2.